The molecule has 0 spiro atoms. The van der Waals surface area contributed by atoms with Gasteiger partial charge in [-0.1, -0.05) is 36.7 Å². The Morgan fingerprint density at radius 3 is 2.85 bits per heavy atom. The zero-order chi connectivity index (χ0) is 18.7. The number of nitrogens with one attached hydrogen (secondary N) is 1. The predicted molar refractivity (Wildman–Crippen MR) is 107 cm³/mol. The van der Waals surface area contributed by atoms with E-state index in [1.54, 1.807) is 12.1 Å². The van der Waals surface area contributed by atoms with E-state index in [0.717, 1.165) is 42.1 Å². The second-order valence-electron chi connectivity index (χ2n) is 6.04. The molecular weight excluding hydrogens is 370 g/mol. The molecular formula is C19H20ClN3O2S. The van der Waals surface area contributed by atoms with Crippen LogP contribution in [0.3, 0.4) is 0 Å². The maximum absolute atomic E-state index is 12.3. The van der Waals surface area contributed by atoms with Gasteiger partial charge in [-0.05, 0) is 36.2 Å². The minimum absolute atomic E-state index is 0.321. The predicted octanol–water partition coefficient (Wildman–Crippen LogP) is 3.53. The van der Waals surface area contributed by atoms with Crippen molar-refractivity contribution >= 4 is 45.8 Å². The van der Waals surface area contributed by atoms with Crippen molar-refractivity contribution in [3.8, 4) is 0 Å². The number of rotatable bonds is 5. The molecule has 0 radical (unpaired) electrons. The van der Waals surface area contributed by atoms with Crippen molar-refractivity contribution in [1.29, 1.82) is 0 Å². The lowest BCUT2D eigenvalue weighted by Gasteiger charge is -2.25. The average Bonchev–Trinajstić information content (AvgIpc) is 2.97. The van der Waals surface area contributed by atoms with E-state index in [4.69, 9.17) is 17.3 Å². The number of nitrogens with two attached hydrogens (primary N) is 1. The van der Waals surface area contributed by atoms with Gasteiger partial charge in [0.25, 0.3) is 5.91 Å². The van der Waals surface area contributed by atoms with E-state index in [9.17, 15) is 9.59 Å². The van der Waals surface area contributed by atoms with Gasteiger partial charge in [-0.2, -0.15) is 0 Å². The Labute approximate surface area is 161 Å². The summed E-state index contributed by atoms with van der Waals surface area (Å²) in [6.45, 7) is 4.73. The topological polar surface area (TPSA) is 75.4 Å². The van der Waals surface area contributed by atoms with Crippen LogP contribution in [0.4, 0.5) is 5.00 Å². The Balaban J connectivity index is 1.81. The minimum Gasteiger partial charge on any atom is -0.365 e. The fourth-order valence-electron chi connectivity index (χ4n) is 3.00. The number of amides is 2. The fourth-order valence-corrected chi connectivity index (χ4v) is 4.50. The highest BCUT2D eigenvalue weighted by Crippen LogP contribution is 2.36. The second-order valence-corrected chi connectivity index (χ2v) is 7.55. The number of fused-ring (bicyclic) bond motifs is 1. The van der Waals surface area contributed by atoms with Crippen molar-refractivity contribution in [2.45, 2.75) is 19.9 Å². The third-order valence-corrected chi connectivity index (χ3v) is 5.86. The quantitative estimate of drug-likeness (QED) is 0.768. The molecule has 7 heteroatoms. The smallest absolute Gasteiger partial charge is 0.251 e. The first kappa shape index (κ1) is 18.6. The number of primary amides is 1. The highest BCUT2D eigenvalue weighted by atomic mass is 35.5. The van der Waals surface area contributed by atoms with Gasteiger partial charge in [0.1, 0.15) is 5.00 Å². The molecule has 2 amide bonds. The Hall–Kier alpha value is -2.15. The SMILES string of the molecule is CCN1CCc2c(sc(NC(=O)/C=C\c3ccccc3Cl)c2C(N)=O)C1. The van der Waals surface area contributed by atoms with E-state index in [1.807, 2.05) is 18.2 Å². The molecule has 26 heavy (non-hydrogen) atoms. The number of carbonyl (C=O) groups is 2. The summed E-state index contributed by atoms with van der Waals surface area (Å²) in [5.74, 6) is -0.823. The first-order chi connectivity index (χ1) is 12.5. The van der Waals surface area contributed by atoms with E-state index in [2.05, 4.69) is 17.1 Å². The summed E-state index contributed by atoms with van der Waals surface area (Å²) in [7, 11) is 0. The highest BCUT2D eigenvalue weighted by Gasteiger charge is 2.26. The molecule has 0 aliphatic carbocycles. The molecule has 3 N–H and O–H groups in total. The Morgan fingerprint density at radius 2 is 2.15 bits per heavy atom. The van der Waals surface area contributed by atoms with E-state index in [1.165, 1.54) is 17.4 Å². The average molecular weight is 390 g/mol. The molecule has 3 rings (SSSR count). The standard InChI is InChI=1S/C19H20ClN3O2S/c1-2-23-10-9-13-15(11-23)26-19(17(13)18(21)25)22-16(24)8-7-12-5-3-4-6-14(12)20/h3-8H,2,9-11H2,1H3,(H2,21,25)(H,22,24)/b8-7-. The van der Waals surface area contributed by atoms with Crippen LogP contribution in [0.2, 0.25) is 5.02 Å². The number of anilines is 1. The van der Waals surface area contributed by atoms with Crippen molar-refractivity contribution in [3.63, 3.8) is 0 Å². The number of likely N-dealkylation sites (N-methyl/N-ethyl adjacent to an activating group) is 1. The van der Waals surface area contributed by atoms with Crippen molar-refractivity contribution in [3.05, 3.63) is 56.9 Å². The van der Waals surface area contributed by atoms with Crippen molar-refractivity contribution in [1.82, 2.24) is 4.90 Å². The molecule has 0 atom stereocenters. The molecule has 0 saturated carbocycles. The molecule has 2 aromatic rings. The van der Waals surface area contributed by atoms with E-state index in [0.29, 0.717) is 15.6 Å². The van der Waals surface area contributed by atoms with Gasteiger partial charge in [0, 0.05) is 29.1 Å². The third-order valence-electron chi connectivity index (χ3n) is 4.39. The van der Waals surface area contributed by atoms with Crippen molar-refractivity contribution in [2.24, 2.45) is 5.73 Å². The minimum atomic E-state index is -0.502. The van der Waals surface area contributed by atoms with Gasteiger partial charge >= 0.3 is 0 Å². The zero-order valence-electron chi connectivity index (χ0n) is 14.4. The maximum atomic E-state index is 12.3. The van der Waals surface area contributed by atoms with Crippen LogP contribution in [0.15, 0.2) is 30.3 Å². The van der Waals surface area contributed by atoms with Gasteiger partial charge in [-0.15, -0.1) is 11.3 Å². The van der Waals surface area contributed by atoms with Crippen LogP contribution >= 0.6 is 22.9 Å². The summed E-state index contributed by atoms with van der Waals surface area (Å²) in [6.07, 6.45) is 3.82. The van der Waals surface area contributed by atoms with Crippen LogP contribution in [-0.4, -0.2) is 29.8 Å². The fraction of sp³-hybridized carbons (Fsp3) is 0.263. The monoisotopic (exact) mass is 389 g/mol. The van der Waals surface area contributed by atoms with Crippen LogP contribution in [-0.2, 0) is 17.8 Å². The third kappa shape index (κ3) is 3.98. The first-order valence-electron chi connectivity index (χ1n) is 8.40. The molecule has 1 aliphatic rings. The molecule has 0 bridgehead atoms. The Bertz CT molecular complexity index is 876. The second kappa shape index (κ2) is 8.03. The summed E-state index contributed by atoms with van der Waals surface area (Å²) in [5.41, 5.74) is 7.75. The van der Waals surface area contributed by atoms with Crippen LogP contribution < -0.4 is 11.1 Å². The lowest BCUT2D eigenvalue weighted by atomic mass is 10.0. The maximum Gasteiger partial charge on any atom is 0.251 e. The molecule has 0 unspecified atom stereocenters. The van der Waals surface area contributed by atoms with Gasteiger partial charge in [0.2, 0.25) is 5.91 Å². The molecule has 1 aliphatic heterocycles. The first-order valence-corrected chi connectivity index (χ1v) is 9.59. The number of halogens is 1. The zero-order valence-corrected chi connectivity index (χ0v) is 16.0. The number of hydrogen-bond acceptors (Lipinski definition) is 4. The van der Waals surface area contributed by atoms with E-state index in [-0.39, 0.29) is 5.91 Å². The molecule has 1 aromatic heterocycles. The van der Waals surface area contributed by atoms with Crippen LogP contribution in [0.1, 0.15) is 33.3 Å². The van der Waals surface area contributed by atoms with Crippen molar-refractivity contribution < 1.29 is 9.59 Å². The summed E-state index contributed by atoms with van der Waals surface area (Å²) in [4.78, 5) is 27.6. The summed E-state index contributed by atoms with van der Waals surface area (Å²) in [5, 5.41) is 3.89. The molecule has 1 aromatic carbocycles. The van der Waals surface area contributed by atoms with Crippen molar-refractivity contribution in [2.75, 3.05) is 18.4 Å². The summed E-state index contributed by atoms with van der Waals surface area (Å²) >= 11 is 7.51. The van der Waals surface area contributed by atoms with Gasteiger partial charge in [-0.25, -0.2) is 0 Å². The number of benzene rings is 1. The van der Waals surface area contributed by atoms with Gasteiger partial charge in [0.05, 0.1) is 5.56 Å². The highest BCUT2D eigenvalue weighted by molar-refractivity contribution is 7.17. The van der Waals surface area contributed by atoms with E-state index < -0.39 is 5.91 Å². The largest absolute Gasteiger partial charge is 0.365 e. The molecule has 0 saturated heterocycles. The lowest BCUT2D eigenvalue weighted by molar-refractivity contribution is -0.111. The molecule has 5 nitrogen and oxygen atoms in total. The number of carbonyl (C=O) groups excluding carboxylic acids is 2. The number of hydrogen-bond donors (Lipinski definition) is 2. The van der Waals surface area contributed by atoms with Crippen LogP contribution in [0.25, 0.3) is 6.08 Å². The number of nitrogens with zero attached hydrogens (tertiary/aromatic N) is 1. The molecule has 2 heterocycles. The van der Waals surface area contributed by atoms with E-state index >= 15 is 0 Å². The van der Waals surface area contributed by atoms with Gasteiger partial charge in [-0.3, -0.25) is 14.5 Å². The van der Waals surface area contributed by atoms with Crippen LogP contribution in [0.5, 0.6) is 0 Å². The van der Waals surface area contributed by atoms with Gasteiger partial charge in [0.15, 0.2) is 0 Å². The normalized spacial score (nSPS) is 14.4. The lowest BCUT2D eigenvalue weighted by Crippen LogP contribution is -2.30. The Kier molecular flexibility index (Phi) is 5.76. The number of thiophene rings is 1. The van der Waals surface area contributed by atoms with Crippen LogP contribution in [0, 0.1) is 0 Å². The molecule has 136 valence electrons. The molecule has 0 fully saturated rings. The Morgan fingerprint density at radius 1 is 1.38 bits per heavy atom. The summed E-state index contributed by atoms with van der Waals surface area (Å²) < 4.78 is 0. The summed E-state index contributed by atoms with van der Waals surface area (Å²) in [6, 6.07) is 7.26. The van der Waals surface area contributed by atoms with Gasteiger partial charge < -0.3 is 11.1 Å².